The fourth-order valence-electron chi connectivity index (χ4n) is 2.29. The Labute approximate surface area is 152 Å². The van der Waals surface area contributed by atoms with Crippen LogP contribution in [-0.2, 0) is 6.54 Å². The lowest BCUT2D eigenvalue weighted by atomic mass is 10.1. The Hall–Kier alpha value is -2.16. The van der Waals surface area contributed by atoms with E-state index in [9.17, 15) is 0 Å². The van der Waals surface area contributed by atoms with Crippen molar-refractivity contribution >= 4 is 5.69 Å². The number of nitrogens with one attached hydrogen (secondary N) is 1. The van der Waals surface area contributed by atoms with Crippen LogP contribution in [0.25, 0.3) is 0 Å². The second-order valence-electron chi connectivity index (χ2n) is 7.26. The Balaban J connectivity index is 1.81. The van der Waals surface area contributed by atoms with E-state index in [1.54, 1.807) is 0 Å². The lowest BCUT2D eigenvalue weighted by Crippen LogP contribution is -2.05. The molecule has 0 heterocycles. The predicted octanol–water partition coefficient (Wildman–Crippen LogP) is 5.76. The van der Waals surface area contributed by atoms with Crippen LogP contribution in [0.4, 0.5) is 5.69 Å². The molecule has 0 spiro atoms. The van der Waals surface area contributed by atoms with E-state index < -0.39 is 0 Å². The van der Waals surface area contributed by atoms with Crippen LogP contribution in [0, 0.1) is 11.8 Å². The number of ether oxygens (including phenoxy) is 2. The number of anilines is 1. The molecule has 0 aromatic heterocycles. The molecular weight excluding hydrogens is 310 g/mol. The molecule has 0 unspecified atom stereocenters. The van der Waals surface area contributed by atoms with Gasteiger partial charge in [-0.2, -0.15) is 0 Å². The minimum atomic E-state index is 0.531. The maximum Gasteiger partial charge on any atom is 0.119 e. The Kier molecular flexibility index (Phi) is 7.65. The lowest BCUT2D eigenvalue weighted by molar-refractivity contribution is 0.271. The molecule has 2 rings (SSSR count). The maximum absolute atomic E-state index is 5.79. The zero-order valence-corrected chi connectivity index (χ0v) is 15.9. The maximum atomic E-state index is 5.79. The molecule has 0 aliphatic carbocycles. The summed E-state index contributed by atoms with van der Waals surface area (Å²) in [5.41, 5.74) is 2.29. The van der Waals surface area contributed by atoms with Gasteiger partial charge >= 0.3 is 0 Å². The van der Waals surface area contributed by atoms with Crippen molar-refractivity contribution in [1.29, 1.82) is 0 Å². The van der Waals surface area contributed by atoms with Crippen LogP contribution in [-0.4, -0.2) is 13.2 Å². The highest BCUT2D eigenvalue weighted by molar-refractivity contribution is 5.47. The van der Waals surface area contributed by atoms with Crippen molar-refractivity contribution in [2.75, 3.05) is 18.5 Å². The number of hydrogen-bond acceptors (Lipinski definition) is 3. The van der Waals surface area contributed by atoms with Gasteiger partial charge < -0.3 is 14.8 Å². The summed E-state index contributed by atoms with van der Waals surface area (Å²) >= 11 is 0. The molecule has 3 heteroatoms. The molecule has 25 heavy (non-hydrogen) atoms. The summed E-state index contributed by atoms with van der Waals surface area (Å²) in [5, 5.41) is 3.44. The van der Waals surface area contributed by atoms with E-state index >= 15 is 0 Å². The summed E-state index contributed by atoms with van der Waals surface area (Å²) < 4.78 is 11.5. The topological polar surface area (TPSA) is 30.5 Å². The van der Waals surface area contributed by atoms with Gasteiger partial charge in [-0.05, 0) is 60.2 Å². The Morgan fingerprint density at radius 2 is 1.60 bits per heavy atom. The first-order valence-electron chi connectivity index (χ1n) is 9.21. The van der Waals surface area contributed by atoms with Crippen molar-refractivity contribution in [3.63, 3.8) is 0 Å². The molecule has 2 aromatic carbocycles. The van der Waals surface area contributed by atoms with Crippen molar-refractivity contribution in [3.05, 3.63) is 54.1 Å². The predicted molar refractivity (Wildman–Crippen MR) is 105 cm³/mol. The fourth-order valence-corrected chi connectivity index (χ4v) is 2.29. The van der Waals surface area contributed by atoms with Gasteiger partial charge in [0.25, 0.3) is 0 Å². The molecule has 0 fully saturated rings. The van der Waals surface area contributed by atoms with E-state index in [2.05, 4.69) is 57.3 Å². The third-order valence-corrected chi connectivity index (χ3v) is 3.80. The molecular formula is C22H31NO2. The van der Waals surface area contributed by atoms with Gasteiger partial charge in [-0.1, -0.05) is 39.8 Å². The van der Waals surface area contributed by atoms with Crippen molar-refractivity contribution < 1.29 is 9.47 Å². The monoisotopic (exact) mass is 341 g/mol. The van der Waals surface area contributed by atoms with Crippen LogP contribution in [0.1, 0.15) is 39.7 Å². The average Bonchev–Trinajstić information content (AvgIpc) is 2.59. The first kappa shape index (κ1) is 19.2. The summed E-state index contributed by atoms with van der Waals surface area (Å²) in [6.07, 6.45) is 1.08. The molecule has 136 valence electrons. The molecule has 3 nitrogen and oxygen atoms in total. The van der Waals surface area contributed by atoms with Crippen LogP contribution in [0.3, 0.4) is 0 Å². The number of hydrogen-bond donors (Lipinski definition) is 1. The molecule has 0 saturated carbocycles. The minimum Gasteiger partial charge on any atom is -0.494 e. The third kappa shape index (κ3) is 7.51. The molecule has 1 N–H and O–H groups in total. The molecule has 0 bridgehead atoms. The van der Waals surface area contributed by atoms with E-state index in [4.69, 9.17) is 9.47 Å². The standard InChI is InChI=1S/C22H31NO2/c1-17(2)12-13-24-21-10-8-20(9-11-21)23-15-19-6-5-7-22(14-19)25-16-18(3)4/h5-11,14,17-18,23H,12-13,15-16H2,1-4H3. The van der Waals surface area contributed by atoms with Crippen molar-refractivity contribution in [2.24, 2.45) is 11.8 Å². The van der Waals surface area contributed by atoms with Gasteiger partial charge in [-0.25, -0.2) is 0 Å². The lowest BCUT2D eigenvalue weighted by Gasteiger charge is -2.12. The summed E-state index contributed by atoms with van der Waals surface area (Å²) in [5.74, 6) is 3.06. The Bertz CT molecular complexity index is 620. The van der Waals surface area contributed by atoms with Gasteiger partial charge in [0.2, 0.25) is 0 Å². The van der Waals surface area contributed by atoms with E-state index in [1.807, 2.05) is 24.3 Å². The molecule has 0 radical (unpaired) electrons. The van der Waals surface area contributed by atoms with Gasteiger partial charge in [0.05, 0.1) is 13.2 Å². The summed E-state index contributed by atoms with van der Waals surface area (Å²) in [7, 11) is 0. The average molecular weight is 341 g/mol. The van der Waals surface area contributed by atoms with E-state index in [1.165, 1.54) is 5.56 Å². The van der Waals surface area contributed by atoms with Crippen molar-refractivity contribution in [3.8, 4) is 11.5 Å². The second-order valence-corrected chi connectivity index (χ2v) is 7.26. The first-order valence-corrected chi connectivity index (χ1v) is 9.21. The van der Waals surface area contributed by atoms with Crippen LogP contribution < -0.4 is 14.8 Å². The highest BCUT2D eigenvalue weighted by Gasteiger charge is 2.01. The van der Waals surface area contributed by atoms with Crippen LogP contribution in [0.5, 0.6) is 11.5 Å². The van der Waals surface area contributed by atoms with Crippen LogP contribution >= 0.6 is 0 Å². The van der Waals surface area contributed by atoms with Gasteiger partial charge in [0.15, 0.2) is 0 Å². The molecule has 2 aromatic rings. The number of rotatable bonds is 10. The first-order chi connectivity index (χ1) is 12.0. The second kappa shape index (κ2) is 9.97. The number of benzene rings is 2. The third-order valence-electron chi connectivity index (χ3n) is 3.80. The normalized spacial score (nSPS) is 11.0. The zero-order valence-electron chi connectivity index (χ0n) is 15.9. The summed E-state index contributed by atoms with van der Waals surface area (Å²) in [6, 6.07) is 16.4. The Morgan fingerprint density at radius 1 is 0.840 bits per heavy atom. The van der Waals surface area contributed by atoms with Crippen molar-refractivity contribution in [2.45, 2.75) is 40.7 Å². The fraction of sp³-hybridized carbons (Fsp3) is 0.455. The van der Waals surface area contributed by atoms with Gasteiger partial charge in [-0.3, -0.25) is 0 Å². The van der Waals surface area contributed by atoms with Crippen molar-refractivity contribution in [1.82, 2.24) is 0 Å². The molecule has 0 aliphatic rings. The smallest absolute Gasteiger partial charge is 0.119 e. The SMILES string of the molecule is CC(C)CCOc1ccc(NCc2cccc(OCC(C)C)c2)cc1. The van der Waals surface area contributed by atoms with Gasteiger partial charge in [-0.15, -0.1) is 0 Å². The highest BCUT2D eigenvalue weighted by Crippen LogP contribution is 2.19. The van der Waals surface area contributed by atoms with E-state index in [0.717, 1.165) is 43.4 Å². The minimum absolute atomic E-state index is 0.531. The summed E-state index contributed by atoms with van der Waals surface area (Å²) in [6.45, 7) is 11.0. The van der Waals surface area contributed by atoms with E-state index in [0.29, 0.717) is 11.8 Å². The molecule has 0 aliphatic heterocycles. The summed E-state index contributed by atoms with van der Waals surface area (Å²) in [4.78, 5) is 0. The molecule has 0 atom stereocenters. The quantitative estimate of drug-likeness (QED) is 0.596. The zero-order chi connectivity index (χ0) is 18.1. The molecule has 0 amide bonds. The van der Waals surface area contributed by atoms with Gasteiger partial charge in [0, 0.05) is 12.2 Å². The van der Waals surface area contributed by atoms with Crippen LogP contribution in [0.15, 0.2) is 48.5 Å². The molecule has 0 saturated heterocycles. The Morgan fingerprint density at radius 3 is 2.28 bits per heavy atom. The highest BCUT2D eigenvalue weighted by atomic mass is 16.5. The largest absolute Gasteiger partial charge is 0.494 e. The van der Waals surface area contributed by atoms with Crippen LogP contribution in [0.2, 0.25) is 0 Å². The van der Waals surface area contributed by atoms with E-state index in [-0.39, 0.29) is 0 Å². The van der Waals surface area contributed by atoms with Gasteiger partial charge in [0.1, 0.15) is 11.5 Å².